The van der Waals surface area contributed by atoms with Crippen molar-refractivity contribution in [1.29, 1.82) is 0 Å². The van der Waals surface area contributed by atoms with Crippen LogP contribution in [0.15, 0.2) is 21.7 Å². The van der Waals surface area contributed by atoms with Crippen LogP contribution < -0.4 is 5.43 Å². The van der Waals surface area contributed by atoms with Crippen molar-refractivity contribution >= 4 is 21.6 Å². The third-order valence-electron chi connectivity index (χ3n) is 1.85. The molecule has 0 saturated heterocycles. The molecule has 2 N–H and O–H groups in total. The minimum absolute atomic E-state index is 0.0315. The van der Waals surface area contributed by atoms with Crippen LogP contribution in [0.1, 0.15) is 0 Å². The highest BCUT2D eigenvalue weighted by molar-refractivity contribution is 9.10. The van der Waals surface area contributed by atoms with Gasteiger partial charge in [-0.25, -0.2) is 0 Å². The Morgan fingerprint density at radius 1 is 1.56 bits per heavy atom. The molecular formula is C8H9BrN2O5. The predicted octanol–water partition coefficient (Wildman–Crippen LogP) is -0.128. The molecule has 0 aliphatic rings. The van der Waals surface area contributed by atoms with Crippen LogP contribution in [0.3, 0.4) is 0 Å². The number of nitrogens with zero attached hydrogens (tertiary/aromatic N) is 2. The Balaban J connectivity index is 3.14. The monoisotopic (exact) mass is 292 g/mol. The van der Waals surface area contributed by atoms with Crippen LogP contribution in [-0.4, -0.2) is 32.4 Å². The molecule has 0 bridgehead atoms. The van der Waals surface area contributed by atoms with Gasteiger partial charge in [0.2, 0.25) is 0 Å². The molecule has 1 atom stereocenters. The van der Waals surface area contributed by atoms with Crippen LogP contribution in [0.5, 0.6) is 0 Å². The molecule has 7 nitrogen and oxygen atoms in total. The lowest BCUT2D eigenvalue weighted by Gasteiger charge is -2.10. The van der Waals surface area contributed by atoms with Gasteiger partial charge >= 0.3 is 5.69 Å². The van der Waals surface area contributed by atoms with E-state index in [1.54, 1.807) is 0 Å². The Bertz CT molecular complexity index is 458. The molecule has 0 radical (unpaired) electrons. The van der Waals surface area contributed by atoms with Crippen LogP contribution in [0.2, 0.25) is 0 Å². The fraction of sp³-hybridized carbons (Fsp3) is 0.375. The average molecular weight is 293 g/mol. The van der Waals surface area contributed by atoms with Crippen molar-refractivity contribution in [3.63, 3.8) is 0 Å². The van der Waals surface area contributed by atoms with Crippen molar-refractivity contribution in [1.82, 2.24) is 4.57 Å². The van der Waals surface area contributed by atoms with Gasteiger partial charge in [0.15, 0.2) is 0 Å². The number of hydrogen-bond acceptors (Lipinski definition) is 5. The number of aromatic nitrogens is 1. The standard InChI is InChI=1S/C8H9BrN2O5/c9-6-2-10(1-5(13)4-12)3-7(8(6)14)11(15)16/h2-3,5,12-13H,1,4H2. The van der Waals surface area contributed by atoms with Gasteiger partial charge in [-0.2, -0.15) is 0 Å². The van der Waals surface area contributed by atoms with E-state index in [0.29, 0.717) is 0 Å². The lowest BCUT2D eigenvalue weighted by atomic mass is 10.3. The van der Waals surface area contributed by atoms with Crippen LogP contribution in [0.25, 0.3) is 0 Å². The summed E-state index contributed by atoms with van der Waals surface area (Å²) in [5, 5.41) is 28.3. The highest BCUT2D eigenvalue weighted by Gasteiger charge is 2.16. The molecule has 8 heteroatoms. The number of pyridine rings is 1. The molecule has 0 spiro atoms. The Morgan fingerprint density at radius 3 is 2.69 bits per heavy atom. The minimum atomic E-state index is -1.03. The molecule has 1 rings (SSSR count). The molecule has 0 aliphatic heterocycles. The first-order valence-corrected chi connectivity index (χ1v) is 5.08. The normalized spacial score (nSPS) is 12.4. The summed E-state index contributed by atoms with van der Waals surface area (Å²) < 4.78 is 1.30. The zero-order valence-corrected chi connectivity index (χ0v) is 9.62. The summed E-state index contributed by atoms with van der Waals surface area (Å²) in [6, 6.07) is 0. The SMILES string of the molecule is O=c1c(Br)cn(CC(O)CO)cc1[N+](=O)[O-]. The first-order valence-electron chi connectivity index (χ1n) is 4.28. The zero-order valence-electron chi connectivity index (χ0n) is 8.04. The molecule has 1 aromatic heterocycles. The zero-order chi connectivity index (χ0) is 12.3. The molecule has 0 saturated carbocycles. The Hall–Kier alpha value is -1.25. The van der Waals surface area contributed by atoms with E-state index >= 15 is 0 Å². The molecule has 16 heavy (non-hydrogen) atoms. The molecule has 0 fully saturated rings. The first kappa shape index (κ1) is 12.8. The second kappa shape index (κ2) is 5.19. The summed E-state index contributed by atoms with van der Waals surface area (Å²) in [7, 11) is 0. The van der Waals surface area contributed by atoms with E-state index in [9.17, 15) is 14.9 Å². The van der Waals surface area contributed by atoms with E-state index in [1.807, 2.05) is 0 Å². The van der Waals surface area contributed by atoms with Gasteiger partial charge in [0, 0.05) is 6.20 Å². The summed E-state index contributed by atoms with van der Waals surface area (Å²) in [5.74, 6) is 0. The maximum Gasteiger partial charge on any atom is 0.333 e. The Labute approximate surface area is 98.2 Å². The van der Waals surface area contributed by atoms with Crippen LogP contribution in [-0.2, 0) is 6.54 Å². The fourth-order valence-electron chi connectivity index (χ4n) is 1.12. The molecule has 1 unspecified atom stereocenters. The van der Waals surface area contributed by atoms with Gasteiger partial charge in [0.25, 0.3) is 5.43 Å². The lowest BCUT2D eigenvalue weighted by molar-refractivity contribution is -0.386. The second-order valence-corrected chi connectivity index (χ2v) is 3.97. The van der Waals surface area contributed by atoms with E-state index in [2.05, 4.69) is 15.9 Å². The third kappa shape index (κ3) is 2.87. The highest BCUT2D eigenvalue weighted by Crippen LogP contribution is 2.11. The molecule has 0 aliphatic carbocycles. The molecule has 1 heterocycles. The molecule has 1 aromatic rings. The quantitative estimate of drug-likeness (QED) is 0.594. The van der Waals surface area contributed by atoms with Crippen LogP contribution in [0.4, 0.5) is 5.69 Å². The van der Waals surface area contributed by atoms with E-state index in [1.165, 1.54) is 10.8 Å². The van der Waals surface area contributed by atoms with E-state index in [-0.39, 0.29) is 11.0 Å². The first-order chi connectivity index (χ1) is 7.45. The summed E-state index contributed by atoms with van der Waals surface area (Å²) in [6.07, 6.45) is 1.30. The number of hydrogen-bond donors (Lipinski definition) is 2. The van der Waals surface area contributed by atoms with Gasteiger partial charge in [-0.15, -0.1) is 0 Å². The van der Waals surface area contributed by atoms with Gasteiger partial charge < -0.3 is 14.8 Å². The van der Waals surface area contributed by atoms with Crippen molar-refractivity contribution < 1.29 is 15.1 Å². The van der Waals surface area contributed by atoms with Gasteiger partial charge in [-0.05, 0) is 15.9 Å². The van der Waals surface area contributed by atoms with E-state index in [0.717, 1.165) is 6.20 Å². The molecular weight excluding hydrogens is 284 g/mol. The highest BCUT2D eigenvalue weighted by atomic mass is 79.9. The predicted molar refractivity (Wildman–Crippen MR) is 58.1 cm³/mol. The maximum absolute atomic E-state index is 11.3. The molecule has 0 amide bonds. The lowest BCUT2D eigenvalue weighted by Crippen LogP contribution is -2.22. The van der Waals surface area contributed by atoms with Crippen LogP contribution >= 0.6 is 15.9 Å². The smallest absolute Gasteiger partial charge is 0.333 e. The minimum Gasteiger partial charge on any atom is -0.394 e. The van der Waals surface area contributed by atoms with Crippen LogP contribution in [0, 0.1) is 10.1 Å². The third-order valence-corrected chi connectivity index (χ3v) is 2.41. The Kier molecular flexibility index (Phi) is 4.16. The molecule has 0 aromatic carbocycles. The fourth-order valence-corrected chi connectivity index (χ4v) is 1.58. The number of aliphatic hydroxyl groups excluding tert-OH is 2. The van der Waals surface area contributed by atoms with E-state index < -0.39 is 28.8 Å². The van der Waals surface area contributed by atoms with Gasteiger partial charge in [0.1, 0.15) is 0 Å². The topological polar surface area (TPSA) is 106 Å². The van der Waals surface area contributed by atoms with Crippen molar-refractivity contribution in [2.45, 2.75) is 12.6 Å². The summed E-state index contributed by atoms with van der Waals surface area (Å²) in [6.45, 7) is -0.492. The summed E-state index contributed by atoms with van der Waals surface area (Å²) in [4.78, 5) is 21.0. The van der Waals surface area contributed by atoms with Crippen molar-refractivity contribution in [2.24, 2.45) is 0 Å². The number of rotatable bonds is 4. The largest absolute Gasteiger partial charge is 0.394 e. The maximum atomic E-state index is 11.3. The Morgan fingerprint density at radius 2 is 2.19 bits per heavy atom. The van der Waals surface area contributed by atoms with Crippen molar-refractivity contribution in [3.8, 4) is 0 Å². The van der Waals surface area contributed by atoms with Gasteiger partial charge in [-0.1, -0.05) is 0 Å². The average Bonchev–Trinajstić information content (AvgIpc) is 2.22. The summed E-state index contributed by atoms with van der Waals surface area (Å²) in [5.41, 5.74) is -1.31. The molecule has 88 valence electrons. The van der Waals surface area contributed by atoms with Crippen molar-refractivity contribution in [3.05, 3.63) is 37.2 Å². The number of nitro groups is 1. The van der Waals surface area contributed by atoms with Gasteiger partial charge in [0.05, 0.1) is 34.8 Å². The number of aliphatic hydroxyl groups is 2. The number of halogens is 1. The summed E-state index contributed by atoms with van der Waals surface area (Å²) >= 11 is 2.90. The van der Waals surface area contributed by atoms with Gasteiger partial charge in [-0.3, -0.25) is 14.9 Å². The van der Waals surface area contributed by atoms with Crippen molar-refractivity contribution in [2.75, 3.05) is 6.61 Å². The van der Waals surface area contributed by atoms with E-state index in [4.69, 9.17) is 10.2 Å². The second-order valence-electron chi connectivity index (χ2n) is 3.11.